The first kappa shape index (κ1) is 22.3. The summed E-state index contributed by atoms with van der Waals surface area (Å²) < 4.78 is 43.0. The summed E-state index contributed by atoms with van der Waals surface area (Å²) in [7, 11) is 0. The van der Waals surface area contributed by atoms with Crippen molar-refractivity contribution < 1.29 is 37.7 Å². The molecule has 8 heteroatoms. The molecule has 0 saturated carbocycles. The summed E-state index contributed by atoms with van der Waals surface area (Å²) in [6.07, 6.45) is -1.14. The van der Waals surface area contributed by atoms with Gasteiger partial charge < -0.3 is 19.3 Å². The lowest BCUT2D eigenvalue weighted by Crippen LogP contribution is -2.44. The fraction of sp³-hybridized carbons (Fsp3) is 0.217. The molecule has 0 amide bonds. The van der Waals surface area contributed by atoms with E-state index in [1.165, 1.54) is 12.2 Å². The Balaban J connectivity index is 1.59. The number of benzene rings is 2. The summed E-state index contributed by atoms with van der Waals surface area (Å²) >= 11 is 0. The molecule has 6 nitrogen and oxygen atoms in total. The predicted octanol–water partition coefficient (Wildman–Crippen LogP) is 3.22. The first-order valence-electron chi connectivity index (χ1n) is 9.41. The highest BCUT2D eigenvalue weighted by molar-refractivity contribution is 5.87. The van der Waals surface area contributed by atoms with Crippen molar-refractivity contribution in [3.63, 3.8) is 0 Å². The van der Waals surface area contributed by atoms with E-state index in [2.05, 4.69) is 0 Å². The van der Waals surface area contributed by atoms with Crippen molar-refractivity contribution in [3.8, 4) is 0 Å². The van der Waals surface area contributed by atoms with Gasteiger partial charge in [-0.15, -0.1) is 0 Å². The van der Waals surface area contributed by atoms with Crippen LogP contribution in [0.15, 0.2) is 72.8 Å². The molecule has 0 spiro atoms. The number of esters is 2. The number of aliphatic hydroxyl groups excluding tert-OH is 1. The lowest BCUT2D eigenvalue weighted by atomic mass is 10.1. The van der Waals surface area contributed by atoms with E-state index in [1.54, 1.807) is 54.6 Å². The smallest absolute Gasteiger partial charge is 0.336 e. The maximum absolute atomic E-state index is 14.2. The van der Waals surface area contributed by atoms with E-state index in [-0.39, 0.29) is 0 Å². The first-order valence-corrected chi connectivity index (χ1v) is 9.41. The molecule has 0 aromatic heterocycles. The minimum Gasteiger partial charge on any atom is -0.460 e. The molecule has 0 aliphatic carbocycles. The Morgan fingerprint density at radius 1 is 0.935 bits per heavy atom. The zero-order chi connectivity index (χ0) is 22.3. The van der Waals surface area contributed by atoms with Crippen LogP contribution >= 0.6 is 0 Å². The van der Waals surface area contributed by atoms with Crippen LogP contribution in [0.25, 0.3) is 12.2 Å². The average Bonchev–Trinajstić information content (AvgIpc) is 2.99. The van der Waals surface area contributed by atoms with Crippen molar-refractivity contribution >= 4 is 24.1 Å². The molecule has 162 valence electrons. The molecule has 1 heterocycles. The fourth-order valence-corrected chi connectivity index (χ4v) is 2.83. The summed E-state index contributed by atoms with van der Waals surface area (Å²) in [5, 5.41) is 9.50. The Labute approximate surface area is 177 Å². The maximum Gasteiger partial charge on any atom is 0.336 e. The van der Waals surface area contributed by atoms with Gasteiger partial charge in [-0.3, -0.25) is 0 Å². The number of alkyl halides is 2. The molecule has 0 bridgehead atoms. The molecule has 0 radical (unpaired) electrons. The monoisotopic (exact) mass is 430 g/mol. The van der Waals surface area contributed by atoms with E-state index < -0.39 is 43.0 Å². The molecule has 3 atom stereocenters. The molecule has 1 fully saturated rings. The maximum atomic E-state index is 14.2. The van der Waals surface area contributed by atoms with Gasteiger partial charge in [0.1, 0.15) is 12.7 Å². The third kappa shape index (κ3) is 6.07. The van der Waals surface area contributed by atoms with Crippen molar-refractivity contribution in [2.24, 2.45) is 0 Å². The Morgan fingerprint density at radius 3 is 2.00 bits per heavy atom. The number of hydrogen-bond acceptors (Lipinski definition) is 6. The zero-order valence-corrected chi connectivity index (χ0v) is 16.3. The molecule has 1 aliphatic heterocycles. The van der Waals surface area contributed by atoms with Gasteiger partial charge in [-0.2, -0.15) is 8.78 Å². The topological polar surface area (TPSA) is 82.1 Å². The normalized spacial score (nSPS) is 22.6. The number of halogens is 2. The van der Waals surface area contributed by atoms with Crippen molar-refractivity contribution in [3.05, 3.63) is 83.9 Å². The van der Waals surface area contributed by atoms with Crippen LogP contribution in [0.5, 0.6) is 0 Å². The Bertz CT molecular complexity index is 943. The van der Waals surface area contributed by atoms with Crippen LogP contribution in [0.1, 0.15) is 11.1 Å². The molecule has 1 saturated heterocycles. The van der Waals surface area contributed by atoms with E-state index in [1.807, 2.05) is 6.07 Å². The molecule has 1 aliphatic rings. The highest BCUT2D eigenvalue weighted by Crippen LogP contribution is 2.37. The molecule has 3 rings (SSSR count). The zero-order valence-electron chi connectivity index (χ0n) is 16.3. The summed E-state index contributed by atoms with van der Waals surface area (Å²) in [5.41, 5.74) is 1.42. The second-order valence-corrected chi connectivity index (χ2v) is 6.68. The van der Waals surface area contributed by atoms with Crippen LogP contribution in [0.3, 0.4) is 0 Å². The van der Waals surface area contributed by atoms with Gasteiger partial charge in [0.25, 0.3) is 0 Å². The van der Waals surface area contributed by atoms with Crippen LogP contribution in [-0.4, -0.2) is 48.1 Å². The number of carbonyl (C=O) groups is 2. The summed E-state index contributed by atoms with van der Waals surface area (Å²) in [6.45, 7) is -0.634. The first-order chi connectivity index (χ1) is 14.9. The number of aliphatic hydroxyl groups is 1. The summed E-state index contributed by atoms with van der Waals surface area (Å²) in [6, 6.07) is 17.6. The molecular weight excluding hydrogens is 410 g/mol. The molecule has 2 aromatic rings. The van der Waals surface area contributed by atoms with Crippen LogP contribution in [0.4, 0.5) is 8.78 Å². The number of rotatable bonds is 7. The highest BCUT2D eigenvalue weighted by Gasteiger charge is 2.61. The van der Waals surface area contributed by atoms with Crippen LogP contribution in [0, 0.1) is 0 Å². The number of hydrogen-bond donors (Lipinski definition) is 1. The van der Waals surface area contributed by atoms with Gasteiger partial charge in [0.15, 0.2) is 6.10 Å². The standard InChI is InChI=1S/C23H20F2O6/c24-23(25)21(31-20(27)14-12-17-9-5-2-6-10-17)18(30-22(23)28)15-29-19(26)13-11-16-7-3-1-4-8-16/h1-14,18,21-22,28H,15H2/t18-,21-,22?/m1/s1. The average molecular weight is 430 g/mol. The lowest BCUT2D eigenvalue weighted by Gasteiger charge is -2.21. The SMILES string of the molecule is O=C(C=Cc1ccccc1)OC[C@H]1OC(O)C(F)(F)[C@@H]1OC(=O)C=Cc1ccccc1. The van der Waals surface area contributed by atoms with Gasteiger partial charge in [-0.1, -0.05) is 60.7 Å². The number of ether oxygens (including phenoxy) is 3. The van der Waals surface area contributed by atoms with Crippen LogP contribution in [0.2, 0.25) is 0 Å². The van der Waals surface area contributed by atoms with E-state index in [0.717, 1.165) is 17.7 Å². The fourth-order valence-electron chi connectivity index (χ4n) is 2.83. The third-order valence-corrected chi connectivity index (χ3v) is 4.41. The summed E-state index contributed by atoms with van der Waals surface area (Å²) in [5.74, 6) is -5.72. The molecular formula is C23H20F2O6. The van der Waals surface area contributed by atoms with Gasteiger partial charge in [0.2, 0.25) is 6.29 Å². The molecule has 1 unspecified atom stereocenters. The second-order valence-electron chi connectivity index (χ2n) is 6.68. The minimum absolute atomic E-state index is 0.634. The number of carbonyl (C=O) groups excluding carboxylic acids is 2. The van der Waals surface area contributed by atoms with E-state index in [9.17, 15) is 23.5 Å². The Kier molecular flexibility index (Phi) is 7.28. The van der Waals surface area contributed by atoms with Crippen LogP contribution < -0.4 is 0 Å². The van der Waals surface area contributed by atoms with Gasteiger partial charge >= 0.3 is 17.9 Å². The van der Waals surface area contributed by atoms with Crippen molar-refractivity contribution in [2.45, 2.75) is 24.4 Å². The van der Waals surface area contributed by atoms with Crippen molar-refractivity contribution in [2.75, 3.05) is 6.61 Å². The highest BCUT2D eigenvalue weighted by atomic mass is 19.3. The van der Waals surface area contributed by atoms with E-state index >= 15 is 0 Å². The molecule has 2 aromatic carbocycles. The molecule has 1 N–H and O–H groups in total. The Morgan fingerprint density at radius 2 is 1.45 bits per heavy atom. The van der Waals surface area contributed by atoms with Crippen molar-refractivity contribution in [1.29, 1.82) is 0 Å². The predicted molar refractivity (Wildman–Crippen MR) is 108 cm³/mol. The molecule has 31 heavy (non-hydrogen) atoms. The second kappa shape index (κ2) is 10.1. The lowest BCUT2D eigenvalue weighted by molar-refractivity contribution is -0.204. The van der Waals surface area contributed by atoms with Gasteiger partial charge in [0.05, 0.1) is 0 Å². The van der Waals surface area contributed by atoms with Crippen LogP contribution in [-0.2, 0) is 23.8 Å². The van der Waals surface area contributed by atoms with Crippen molar-refractivity contribution in [1.82, 2.24) is 0 Å². The minimum atomic E-state index is -3.87. The van der Waals surface area contributed by atoms with E-state index in [4.69, 9.17) is 14.2 Å². The van der Waals surface area contributed by atoms with E-state index in [0.29, 0.717) is 5.56 Å². The van der Waals surface area contributed by atoms with Gasteiger partial charge in [-0.05, 0) is 23.3 Å². The summed E-state index contributed by atoms with van der Waals surface area (Å²) in [4.78, 5) is 23.9. The van der Waals surface area contributed by atoms with Gasteiger partial charge in [0, 0.05) is 12.2 Å². The quantitative estimate of drug-likeness (QED) is 0.537. The van der Waals surface area contributed by atoms with Gasteiger partial charge in [-0.25, -0.2) is 9.59 Å². The third-order valence-electron chi connectivity index (χ3n) is 4.41. The Hall–Kier alpha value is -3.36. The largest absolute Gasteiger partial charge is 0.460 e.